The van der Waals surface area contributed by atoms with Crippen molar-refractivity contribution in [2.24, 2.45) is 0 Å². The fourth-order valence-corrected chi connectivity index (χ4v) is 3.32. The Labute approximate surface area is 145 Å². The number of hydrogen-bond acceptors (Lipinski definition) is 2. The van der Waals surface area contributed by atoms with E-state index < -0.39 is 0 Å². The fraction of sp³-hybridized carbons (Fsp3) is 0.333. The molecule has 1 aromatic rings. The number of allylic oxidation sites excluding steroid dienone is 1. The van der Waals surface area contributed by atoms with Crippen molar-refractivity contribution in [2.45, 2.75) is 39.0 Å². The largest absolute Gasteiger partial charge is 0.269 e. The molecule has 0 radical (unpaired) electrons. The van der Waals surface area contributed by atoms with Crippen LogP contribution in [0.3, 0.4) is 0 Å². The van der Waals surface area contributed by atoms with Crippen molar-refractivity contribution >= 4 is 46.8 Å². The van der Waals surface area contributed by atoms with E-state index in [4.69, 9.17) is 23.2 Å². The molecule has 5 heteroatoms. The molecule has 0 bridgehead atoms. The second kappa shape index (κ2) is 6.50. The van der Waals surface area contributed by atoms with Crippen LogP contribution in [-0.4, -0.2) is 11.8 Å². The van der Waals surface area contributed by atoms with Crippen LogP contribution in [-0.2, 0) is 9.59 Å². The van der Waals surface area contributed by atoms with E-state index in [1.165, 1.54) is 4.90 Å². The maximum absolute atomic E-state index is 12.6. The monoisotopic (exact) mass is 349 g/mol. The average molecular weight is 350 g/mol. The number of imide groups is 1. The van der Waals surface area contributed by atoms with Crippen molar-refractivity contribution in [1.29, 1.82) is 0 Å². The molecule has 0 spiro atoms. The van der Waals surface area contributed by atoms with E-state index >= 15 is 0 Å². The highest BCUT2D eigenvalue weighted by atomic mass is 35.5. The third kappa shape index (κ3) is 2.96. The Hall–Kier alpha value is -1.58. The van der Waals surface area contributed by atoms with Crippen LogP contribution in [0.1, 0.15) is 44.6 Å². The lowest BCUT2D eigenvalue weighted by molar-refractivity contribution is -0.120. The predicted molar refractivity (Wildman–Crippen MR) is 93.6 cm³/mol. The van der Waals surface area contributed by atoms with Crippen LogP contribution in [0.5, 0.6) is 0 Å². The number of rotatable bonds is 3. The molecule has 1 heterocycles. The summed E-state index contributed by atoms with van der Waals surface area (Å²) in [4.78, 5) is 26.5. The van der Waals surface area contributed by atoms with Crippen LogP contribution < -0.4 is 4.90 Å². The number of carbonyl (C=O) groups excluding carboxylic acids is 2. The molecule has 23 heavy (non-hydrogen) atoms. The van der Waals surface area contributed by atoms with Gasteiger partial charge in [0.25, 0.3) is 11.8 Å². The standard InChI is InChI=1S/C18H17Cl2NO2/c1-2-12(19)9-11-10-13(7-8-16(11)20)21-17(22)14-5-3-4-6-15(14)18(21)23/h7-10H,2-6H2,1H3/b12-9-. The van der Waals surface area contributed by atoms with Gasteiger partial charge in [-0.2, -0.15) is 0 Å². The van der Waals surface area contributed by atoms with Gasteiger partial charge in [-0.15, -0.1) is 0 Å². The Morgan fingerprint density at radius 1 is 1.17 bits per heavy atom. The summed E-state index contributed by atoms with van der Waals surface area (Å²) in [7, 11) is 0. The van der Waals surface area contributed by atoms with Crippen molar-refractivity contribution in [3.63, 3.8) is 0 Å². The predicted octanol–water partition coefficient (Wildman–Crippen LogP) is 5.07. The van der Waals surface area contributed by atoms with E-state index in [1.54, 1.807) is 24.3 Å². The molecule has 2 amide bonds. The highest BCUT2D eigenvalue weighted by molar-refractivity contribution is 6.35. The lowest BCUT2D eigenvalue weighted by atomic mass is 9.93. The number of halogens is 2. The smallest absolute Gasteiger partial charge is 0.261 e. The summed E-state index contributed by atoms with van der Waals surface area (Å²) in [6, 6.07) is 5.14. The van der Waals surface area contributed by atoms with E-state index in [0.29, 0.717) is 51.7 Å². The second-order valence-electron chi connectivity index (χ2n) is 5.76. The van der Waals surface area contributed by atoms with Gasteiger partial charge in [0.05, 0.1) is 5.69 Å². The number of benzene rings is 1. The van der Waals surface area contributed by atoms with Gasteiger partial charge in [-0.3, -0.25) is 9.59 Å². The third-order valence-corrected chi connectivity index (χ3v) is 5.00. The molecular weight excluding hydrogens is 333 g/mol. The molecular formula is C18H17Cl2NO2. The fourth-order valence-electron chi connectivity index (χ4n) is 3.03. The summed E-state index contributed by atoms with van der Waals surface area (Å²) in [6.07, 6.45) is 5.78. The Morgan fingerprint density at radius 3 is 2.35 bits per heavy atom. The summed E-state index contributed by atoms with van der Waals surface area (Å²) in [5.41, 5.74) is 2.62. The Kier molecular flexibility index (Phi) is 4.60. The van der Waals surface area contributed by atoms with E-state index in [-0.39, 0.29) is 11.8 Å². The minimum absolute atomic E-state index is 0.191. The molecule has 2 aliphatic rings. The zero-order valence-corrected chi connectivity index (χ0v) is 14.4. The van der Waals surface area contributed by atoms with Gasteiger partial charge in [0.1, 0.15) is 0 Å². The van der Waals surface area contributed by atoms with Gasteiger partial charge in [0, 0.05) is 21.2 Å². The van der Waals surface area contributed by atoms with Crippen LogP contribution in [0, 0.1) is 0 Å². The van der Waals surface area contributed by atoms with Gasteiger partial charge in [0.2, 0.25) is 0 Å². The van der Waals surface area contributed by atoms with Gasteiger partial charge >= 0.3 is 0 Å². The van der Waals surface area contributed by atoms with Gasteiger partial charge in [0.15, 0.2) is 0 Å². The molecule has 0 fully saturated rings. The maximum Gasteiger partial charge on any atom is 0.261 e. The molecule has 3 rings (SSSR count). The Balaban J connectivity index is 1.99. The quantitative estimate of drug-likeness (QED) is 0.714. The Bertz CT molecular complexity index is 721. The van der Waals surface area contributed by atoms with Gasteiger partial charge in [-0.05, 0) is 61.9 Å². The number of nitrogens with zero attached hydrogens (tertiary/aromatic N) is 1. The molecule has 0 saturated carbocycles. The van der Waals surface area contributed by atoms with Gasteiger partial charge in [-0.25, -0.2) is 4.90 Å². The summed E-state index contributed by atoms with van der Waals surface area (Å²) in [6.45, 7) is 1.95. The van der Waals surface area contributed by atoms with Crippen LogP contribution >= 0.6 is 23.2 Å². The van der Waals surface area contributed by atoms with E-state index in [1.807, 2.05) is 6.92 Å². The van der Waals surface area contributed by atoms with Crippen molar-refractivity contribution in [3.8, 4) is 0 Å². The lowest BCUT2D eigenvalue weighted by Gasteiger charge is -2.16. The highest BCUT2D eigenvalue weighted by Crippen LogP contribution is 2.36. The molecule has 1 aromatic carbocycles. The average Bonchev–Trinajstić information content (AvgIpc) is 2.81. The van der Waals surface area contributed by atoms with Crippen molar-refractivity contribution in [1.82, 2.24) is 0 Å². The zero-order chi connectivity index (χ0) is 16.6. The number of anilines is 1. The summed E-state index contributed by atoms with van der Waals surface area (Å²) < 4.78 is 0. The van der Waals surface area contributed by atoms with Crippen molar-refractivity contribution < 1.29 is 9.59 Å². The maximum atomic E-state index is 12.6. The normalized spacial score (nSPS) is 18.7. The second-order valence-corrected chi connectivity index (χ2v) is 6.65. The van der Waals surface area contributed by atoms with Gasteiger partial charge in [-0.1, -0.05) is 30.1 Å². The summed E-state index contributed by atoms with van der Waals surface area (Å²) in [5.74, 6) is -0.382. The SMILES string of the molecule is CC/C(Cl)=C/c1cc(N2C(=O)C3=C(CCCC3)C2=O)ccc1Cl. The van der Waals surface area contributed by atoms with Crippen molar-refractivity contribution in [3.05, 3.63) is 45.0 Å². The molecule has 0 N–H and O–H groups in total. The first-order valence-electron chi connectivity index (χ1n) is 7.79. The number of carbonyl (C=O) groups is 2. The van der Waals surface area contributed by atoms with E-state index in [9.17, 15) is 9.59 Å². The van der Waals surface area contributed by atoms with E-state index in [2.05, 4.69) is 0 Å². The molecule has 1 aliphatic heterocycles. The minimum Gasteiger partial charge on any atom is -0.269 e. The molecule has 3 nitrogen and oxygen atoms in total. The van der Waals surface area contributed by atoms with E-state index in [0.717, 1.165) is 12.8 Å². The highest BCUT2D eigenvalue weighted by Gasteiger charge is 2.39. The molecule has 1 aliphatic carbocycles. The zero-order valence-electron chi connectivity index (χ0n) is 12.9. The van der Waals surface area contributed by atoms with Crippen LogP contribution in [0.2, 0.25) is 5.02 Å². The van der Waals surface area contributed by atoms with Crippen LogP contribution in [0.25, 0.3) is 6.08 Å². The first-order valence-corrected chi connectivity index (χ1v) is 8.55. The Morgan fingerprint density at radius 2 is 1.78 bits per heavy atom. The topological polar surface area (TPSA) is 37.4 Å². The van der Waals surface area contributed by atoms with Crippen LogP contribution in [0.15, 0.2) is 34.4 Å². The van der Waals surface area contributed by atoms with Crippen LogP contribution in [0.4, 0.5) is 5.69 Å². The summed E-state index contributed by atoms with van der Waals surface area (Å²) in [5, 5.41) is 1.21. The number of amides is 2. The molecule has 0 saturated heterocycles. The first kappa shape index (κ1) is 16.3. The van der Waals surface area contributed by atoms with Gasteiger partial charge < -0.3 is 0 Å². The molecule has 120 valence electrons. The molecule has 0 atom stereocenters. The summed E-state index contributed by atoms with van der Waals surface area (Å²) >= 11 is 12.3. The first-order chi connectivity index (χ1) is 11.0. The molecule has 0 aromatic heterocycles. The number of hydrogen-bond donors (Lipinski definition) is 0. The lowest BCUT2D eigenvalue weighted by Crippen LogP contribution is -2.31. The third-order valence-electron chi connectivity index (χ3n) is 4.28. The minimum atomic E-state index is -0.191. The van der Waals surface area contributed by atoms with Crippen molar-refractivity contribution in [2.75, 3.05) is 4.90 Å². The molecule has 0 unspecified atom stereocenters.